The van der Waals surface area contributed by atoms with Crippen LogP contribution in [0.4, 0.5) is 0 Å². The maximum atomic E-state index is 13.4. The van der Waals surface area contributed by atoms with Gasteiger partial charge in [0.25, 0.3) is 5.91 Å². The Kier molecular flexibility index (Phi) is 5.63. The van der Waals surface area contributed by atoms with Crippen molar-refractivity contribution in [3.63, 3.8) is 0 Å². The predicted molar refractivity (Wildman–Crippen MR) is 136 cm³/mol. The number of benzene rings is 1. The number of carbonyl (C=O) groups excluding carboxylic acids is 1. The molecule has 1 N–H and O–H groups in total. The summed E-state index contributed by atoms with van der Waals surface area (Å²) in [5.74, 6) is 0.416. The number of nitrogens with zero attached hydrogens (tertiary/aromatic N) is 3. The second-order valence-electron chi connectivity index (χ2n) is 9.82. The third-order valence-corrected chi connectivity index (χ3v) is 8.56. The number of thioether (sulfide) groups is 1. The molecule has 6 nitrogen and oxygen atoms in total. The fourth-order valence-electron chi connectivity index (χ4n) is 5.44. The normalized spacial score (nSPS) is 22.0. The smallest absolute Gasteiger partial charge is 0.278 e. The maximum Gasteiger partial charge on any atom is 0.278 e. The van der Waals surface area contributed by atoms with E-state index in [0.29, 0.717) is 12.6 Å². The highest BCUT2D eigenvalue weighted by Gasteiger charge is 2.42. The van der Waals surface area contributed by atoms with Gasteiger partial charge in [0.1, 0.15) is 6.67 Å². The standard InChI is InChI=1S/C27H31N3O3S/c1-15(2)28-14-30(29-12-11-20(31)25(32)24(29)27(28)33)23-21-16(3)7-6-8-19(21)13-34-26-18(5)10-9-17(4)22(23)26/h6,8-12,15-16,23,32H,7,13-14H2,1-5H3. The van der Waals surface area contributed by atoms with Gasteiger partial charge in [0, 0.05) is 29.0 Å². The Morgan fingerprint density at radius 2 is 1.85 bits per heavy atom. The van der Waals surface area contributed by atoms with Crippen molar-refractivity contribution in [1.82, 2.24) is 9.58 Å². The van der Waals surface area contributed by atoms with Crippen molar-refractivity contribution < 1.29 is 9.90 Å². The average Bonchev–Trinajstić information content (AvgIpc) is 2.97. The fourth-order valence-corrected chi connectivity index (χ4v) is 6.73. The summed E-state index contributed by atoms with van der Waals surface area (Å²) in [7, 11) is 0. The quantitative estimate of drug-likeness (QED) is 0.681. The van der Waals surface area contributed by atoms with E-state index in [2.05, 4.69) is 50.1 Å². The highest BCUT2D eigenvalue weighted by atomic mass is 32.2. The molecule has 1 amide bonds. The first-order valence-electron chi connectivity index (χ1n) is 11.9. The van der Waals surface area contributed by atoms with Crippen LogP contribution in [0.15, 0.2) is 57.4 Å². The van der Waals surface area contributed by atoms with E-state index in [-0.39, 0.29) is 23.7 Å². The van der Waals surface area contributed by atoms with Gasteiger partial charge in [0.2, 0.25) is 5.43 Å². The highest BCUT2D eigenvalue weighted by molar-refractivity contribution is 7.99. The Balaban J connectivity index is 1.83. The van der Waals surface area contributed by atoms with Crippen LogP contribution in [0.2, 0.25) is 0 Å². The number of aromatic hydroxyl groups is 1. The summed E-state index contributed by atoms with van der Waals surface area (Å²) >= 11 is 1.88. The number of pyridine rings is 1. The molecule has 0 bridgehead atoms. The van der Waals surface area contributed by atoms with E-state index in [4.69, 9.17) is 0 Å². The van der Waals surface area contributed by atoms with Gasteiger partial charge in [-0.3, -0.25) is 19.3 Å². The minimum Gasteiger partial charge on any atom is -0.502 e. The van der Waals surface area contributed by atoms with Crippen molar-refractivity contribution in [3.05, 3.63) is 80.3 Å². The Morgan fingerprint density at radius 3 is 2.59 bits per heavy atom. The molecule has 0 saturated carbocycles. The largest absolute Gasteiger partial charge is 0.502 e. The predicted octanol–water partition coefficient (Wildman–Crippen LogP) is 4.67. The molecule has 2 aromatic rings. The monoisotopic (exact) mass is 477 g/mol. The number of rotatable bonds is 2. The van der Waals surface area contributed by atoms with Gasteiger partial charge >= 0.3 is 0 Å². The summed E-state index contributed by atoms with van der Waals surface area (Å²) < 4.78 is 1.72. The van der Waals surface area contributed by atoms with E-state index in [9.17, 15) is 14.7 Å². The van der Waals surface area contributed by atoms with Gasteiger partial charge < -0.3 is 10.0 Å². The van der Waals surface area contributed by atoms with Crippen LogP contribution in [0.1, 0.15) is 60.4 Å². The maximum absolute atomic E-state index is 13.4. The van der Waals surface area contributed by atoms with Gasteiger partial charge in [0.15, 0.2) is 11.4 Å². The van der Waals surface area contributed by atoms with E-state index < -0.39 is 11.2 Å². The Labute approximate surface area is 204 Å². The zero-order chi connectivity index (χ0) is 24.3. The second-order valence-corrected chi connectivity index (χ2v) is 10.8. The summed E-state index contributed by atoms with van der Waals surface area (Å²) in [4.78, 5) is 28.8. The van der Waals surface area contributed by atoms with E-state index in [1.807, 2.05) is 25.6 Å². The molecule has 2 unspecified atom stereocenters. The third kappa shape index (κ3) is 3.40. The Hall–Kier alpha value is -2.93. The Bertz CT molecular complexity index is 1310. The minimum atomic E-state index is -0.539. The first kappa shape index (κ1) is 22.8. The molecule has 0 radical (unpaired) electrons. The van der Waals surface area contributed by atoms with Crippen molar-refractivity contribution in [1.29, 1.82) is 0 Å². The van der Waals surface area contributed by atoms with Crippen molar-refractivity contribution in [2.45, 2.75) is 58.0 Å². The summed E-state index contributed by atoms with van der Waals surface area (Å²) in [6.07, 6.45) is 7.11. The minimum absolute atomic E-state index is 0.0392. The molecule has 3 aliphatic rings. The lowest BCUT2D eigenvalue weighted by Crippen LogP contribution is -2.57. The van der Waals surface area contributed by atoms with Crippen LogP contribution in [0.25, 0.3) is 0 Å². The number of carbonyl (C=O) groups is 1. The summed E-state index contributed by atoms with van der Waals surface area (Å²) in [6.45, 7) is 10.9. The van der Waals surface area contributed by atoms with Crippen LogP contribution in [-0.2, 0) is 0 Å². The zero-order valence-electron chi connectivity index (χ0n) is 20.3. The topological polar surface area (TPSA) is 65.8 Å². The molecule has 34 heavy (non-hydrogen) atoms. The first-order valence-corrected chi connectivity index (χ1v) is 12.8. The Morgan fingerprint density at radius 1 is 1.12 bits per heavy atom. The van der Waals surface area contributed by atoms with E-state index >= 15 is 0 Å². The van der Waals surface area contributed by atoms with Crippen LogP contribution in [0.3, 0.4) is 0 Å². The lowest BCUT2D eigenvalue weighted by atomic mass is 9.80. The highest BCUT2D eigenvalue weighted by Crippen LogP contribution is 2.48. The molecule has 1 aliphatic carbocycles. The van der Waals surface area contributed by atoms with Crippen molar-refractivity contribution in [2.24, 2.45) is 5.92 Å². The van der Waals surface area contributed by atoms with Crippen LogP contribution in [0, 0.1) is 19.8 Å². The van der Waals surface area contributed by atoms with E-state index in [1.54, 1.807) is 15.8 Å². The van der Waals surface area contributed by atoms with Crippen LogP contribution < -0.4 is 10.4 Å². The molecule has 3 heterocycles. The van der Waals surface area contributed by atoms with Crippen LogP contribution in [0.5, 0.6) is 5.75 Å². The summed E-state index contributed by atoms with van der Waals surface area (Å²) in [6, 6.07) is 5.48. The van der Waals surface area contributed by atoms with Crippen molar-refractivity contribution in [2.75, 3.05) is 17.4 Å². The van der Waals surface area contributed by atoms with Crippen molar-refractivity contribution >= 4 is 17.7 Å². The molecule has 0 fully saturated rings. The molecular formula is C27H31N3O3S. The van der Waals surface area contributed by atoms with Gasteiger partial charge in [-0.15, -0.1) is 11.8 Å². The molecular weight excluding hydrogens is 446 g/mol. The third-order valence-electron chi connectivity index (χ3n) is 7.27. The molecule has 1 aromatic heterocycles. The van der Waals surface area contributed by atoms with Crippen LogP contribution in [-0.4, -0.2) is 39.1 Å². The zero-order valence-corrected chi connectivity index (χ0v) is 21.1. The number of amides is 1. The molecule has 2 aliphatic heterocycles. The number of aromatic nitrogens is 1. The van der Waals surface area contributed by atoms with Gasteiger partial charge in [-0.05, 0) is 67.9 Å². The molecule has 1 aromatic carbocycles. The summed E-state index contributed by atoms with van der Waals surface area (Å²) in [5.41, 5.74) is 5.87. The SMILES string of the molecule is Cc1ccc(C)c2c1SCC1=C(C(C)CC=C1)C2N1CN(C(C)C)C(=O)c2c(O)c(=O)ccn21. The van der Waals surface area contributed by atoms with E-state index in [1.165, 1.54) is 38.8 Å². The van der Waals surface area contributed by atoms with Gasteiger partial charge in [-0.1, -0.05) is 31.2 Å². The number of hydrogen-bond donors (Lipinski definition) is 1. The molecule has 5 rings (SSSR count). The van der Waals surface area contributed by atoms with E-state index in [0.717, 1.165) is 12.2 Å². The fraction of sp³-hybridized carbons (Fsp3) is 0.407. The molecule has 178 valence electrons. The van der Waals surface area contributed by atoms with Crippen LogP contribution >= 0.6 is 11.8 Å². The molecule has 0 spiro atoms. The van der Waals surface area contributed by atoms with Gasteiger partial charge in [0.05, 0.1) is 6.04 Å². The van der Waals surface area contributed by atoms with Crippen molar-refractivity contribution in [3.8, 4) is 5.75 Å². The first-order chi connectivity index (χ1) is 16.2. The number of allylic oxidation sites excluding steroid dienone is 2. The molecule has 0 saturated heterocycles. The summed E-state index contributed by atoms with van der Waals surface area (Å²) in [5, 5.41) is 12.9. The average molecular weight is 478 g/mol. The lowest BCUT2D eigenvalue weighted by Gasteiger charge is -2.47. The second kappa shape index (κ2) is 8.38. The number of fused-ring (bicyclic) bond motifs is 2. The van der Waals surface area contributed by atoms with Gasteiger partial charge in [-0.25, -0.2) is 0 Å². The van der Waals surface area contributed by atoms with Gasteiger partial charge in [-0.2, -0.15) is 0 Å². The number of aryl methyl sites for hydroxylation is 2. The molecule has 7 heteroatoms. The lowest BCUT2D eigenvalue weighted by molar-refractivity contribution is 0.0619. The molecule has 2 atom stereocenters. The number of hydrogen-bond acceptors (Lipinski definition) is 5.